The Kier molecular flexibility index (Phi) is 34.6. The zero-order valence-electron chi connectivity index (χ0n) is 62.3. The van der Waals surface area contributed by atoms with E-state index in [-0.39, 0.29) is 5.97 Å². The average Bonchev–Trinajstić information content (AvgIpc) is 1.62. The van der Waals surface area contributed by atoms with E-state index >= 15 is 0 Å². The number of hydrogen-bond acceptors (Lipinski definition) is 10. The number of carbonyl (C=O) groups excluding carboxylic acids is 1. The van der Waals surface area contributed by atoms with Crippen molar-refractivity contribution in [3.05, 3.63) is 191 Å². The van der Waals surface area contributed by atoms with Gasteiger partial charge in [0.15, 0.2) is 0 Å². The topological polar surface area (TPSA) is 113 Å². The van der Waals surface area contributed by atoms with Crippen LogP contribution in [0.4, 0.5) is 0 Å². The molecule has 4 aromatic rings. The molecular weight excluding hydrogens is 1250 g/mol. The summed E-state index contributed by atoms with van der Waals surface area (Å²) in [6, 6.07) is 33.8. The summed E-state index contributed by atoms with van der Waals surface area (Å²) in [7, 11) is 0. The van der Waals surface area contributed by atoms with Gasteiger partial charge in [0.25, 0.3) is 0 Å². The first-order chi connectivity index (χ1) is 49.9. The molecule has 0 aromatic heterocycles. The van der Waals surface area contributed by atoms with Gasteiger partial charge in [0.05, 0.1) is 78.7 Å². The lowest BCUT2D eigenvalue weighted by Gasteiger charge is -2.14. The van der Waals surface area contributed by atoms with Gasteiger partial charge in [-0.25, -0.2) is 20.0 Å². The summed E-state index contributed by atoms with van der Waals surface area (Å²) < 4.78 is 31.3. The maximum absolute atomic E-state index is 11.3. The Morgan fingerprint density at radius 2 is 0.515 bits per heavy atom. The maximum atomic E-state index is 11.3. The molecule has 0 saturated carbocycles. The lowest BCUT2D eigenvalue weighted by Crippen LogP contribution is -2.05. The molecule has 101 heavy (non-hydrogen) atoms. The monoisotopic (exact) mass is 1360 g/mol. The van der Waals surface area contributed by atoms with Crippen molar-refractivity contribution in [3.8, 4) is 23.0 Å². The molecule has 4 aromatic carbocycles. The van der Waals surface area contributed by atoms with E-state index in [0.29, 0.717) is 33.0 Å². The minimum Gasteiger partial charge on any atom is -0.494 e. The van der Waals surface area contributed by atoms with Crippen molar-refractivity contribution < 1.29 is 28.5 Å². The van der Waals surface area contributed by atoms with Crippen LogP contribution in [0.1, 0.15) is 288 Å². The molecule has 0 saturated heterocycles. The van der Waals surface area contributed by atoms with Crippen molar-refractivity contribution in [1.82, 2.24) is 0 Å². The molecule has 0 fully saturated rings. The van der Waals surface area contributed by atoms with E-state index in [9.17, 15) is 4.79 Å². The van der Waals surface area contributed by atoms with E-state index < -0.39 is 0 Å². The molecule has 8 bridgehead atoms. The minimum absolute atomic E-state index is 0.232. The summed E-state index contributed by atoms with van der Waals surface area (Å²) in [5.74, 6) is 3.05. The standard InChI is InChI=1S/C91H120N4O6/c1-5-8-11-14-17-20-23-26-29-32-38-65-99-77-48-42-45-73(68-77)89-82-57-55-80(92-82)88(72-51-53-76(54-52-72)98-64-41-36-35-37-63-97-71(4)96)81-56-58-83(93-81)90(74-46-43-49-78(69-74)100-66-39-33-30-27-24-21-18-15-12-9-6-2)85-60-62-87(95-85)91(86-61-59-84(89)94-86)75-47-44-50-79(70-75)101-67-40-34-31-28-25-22-19-16-13-10-7-3/h42-62,68-70H,5-41,63-67H2,1-4H3. The largest absolute Gasteiger partial charge is 0.494 e. The summed E-state index contributed by atoms with van der Waals surface area (Å²) >= 11 is 0. The Hall–Kier alpha value is -7.85. The Morgan fingerprint density at radius 1 is 0.267 bits per heavy atom. The molecular formula is C91H120N4O6. The van der Waals surface area contributed by atoms with Gasteiger partial charge >= 0.3 is 5.97 Å². The molecule has 10 nitrogen and oxygen atoms in total. The predicted octanol–water partition coefficient (Wildman–Crippen LogP) is 25.3. The van der Waals surface area contributed by atoms with Crippen molar-refractivity contribution in [2.24, 2.45) is 20.0 Å². The fraction of sp³-hybridized carbons (Fsp3) is 0.505. The van der Waals surface area contributed by atoms with Gasteiger partial charge in [-0.3, -0.25) is 4.79 Å². The van der Waals surface area contributed by atoms with Crippen molar-refractivity contribution in [2.45, 2.75) is 265 Å². The summed E-state index contributed by atoms with van der Waals surface area (Å²) in [6.07, 6.45) is 63.3. The van der Waals surface area contributed by atoms with E-state index in [4.69, 9.17) is 43.7 Å². The fourth-order valence-electron chi connectivity index (χ4n) is 14.0. The van der Waals surface area contributed by atoms with Crippen LogP contribution in [0.25, 0.3) is 22.3 Å². The third kappa shape index (κ3) is 26.2. The van der Waals surface area contributed by atoms with Crippen LogP contribution in [0, 0.1) is 0 Å². The lowest BCUT2D eigenvalue weighted by molar-refractivity contribution is -0.141. The highest BCUT2D eigenvalue weighted by atomic mass is 16.5. The number of nitrogens with zero attached hydrogens (tertiary/aromatic N) is 4. The summed E-state index contributed by atoms with van der Waals surface area (Å²) in [6.45, 7) is 11.4. The quantitative estimate of drug-likeness (QED) is 0.0321. The Morgan fingerprint density at radius 3 is 0.792 bits per heavy atom. The fourth-order valence-corrected chi connectivity index (χ4v) is 14.0. The van der Waals surface area contributed by atoms with Gasteiger partial charge in [-0.15, -0.1) is 0 Å². The molecule has 0 radical (unpaired) electrons. The lowest BCUT2D eigenvalue weighted by atomic mass is 9.98. The molecule has 9 rings (SSSR count). The Bertz CT molecular complexity index is 3550. The number of carbonyl (C=O) groups is 1. The first-order valence-electron chi connectivity index (χ1n) is 40.0. The van der Waals surface area contributed by atoms with E-state index in [1.165, 1.54) is 187 Å². The molecule has 0 aliphatic carbocycles. The molecule has 10 heteroatoms. The normalized spacial score (nSPS) is 14.6. The molecule has 5 aliphatic heterocycles. The van der Waals surface area contributed by atoms with Gasteiger partial charge in [-0.05, 0) is 164 Å². The zero-order valence-corrected chi connectivity index (χ0v) is 62.3. The number of hydrogen-bond donors (Lipinski definition) is 0. The van der Waals surface area contributed by atoms with E-state index in [2.05, 4.69) is 166 Å². The van der Waals surface area contributed by atoms with Gasteiger partial charge in [-0.2, -0.15) is 0 Å². The molecule has 5 aliphatic rings. The molecule has 0 spiro atoms. The second-order valence-electron chi connectivity index (χ2n) is 28.2. The highest BCUT2D eigenvalue weighted by molar-refractivity contribution is 6.39. The summed E-state index contributed by atoms with van der Waals surface area (Å²) in [5.41, 5.74) is 13.8. The zero-order chi connectivity index (χ0) is 70.2. The SMILES string of the molecule is CCCCCCCCCCCCCOc1cccc(C2=C3C=CC(=N3)C(c3cccc(OCCCCCCCCCCCCC)c3)=C3C=CC(=N3)C(c3cccc(OCCCCCCCCCCCCC)c3)=C3C=CC(=N3)C(c3ccc(OCCCCCCOC(C)=O)cc3)=C3C=CC2=N3)c1. The second kappa shape index (κ2) is 45.2. The highest BCUT2D eigenvalue weighted by Crippen LogP contribution is 2.40. The van der Waals surface area contributed by atoms with E-state index in [1.54, 1.807) is 0 Å². The van der Waals surface area contributed by atoms with E-state index in [0.717, 1.165) is 171 Å². The highest BCUT2D eigenvalue weighted by Gasteiger charge is 2.29. The van der Waals surface area contributed by atoms with Gasteiger partial charge in [0.1, 0.15) is 23.0 Å². The number of aliphatic imine (C=N–C) groups is 4. The van der Waals surface area contributed by atoms with Gasteiger partial charge < -0.3 is 23.7 Å². The predicted molar refractivity (Wildman–Crippen MR) is 426 cm³/mol. The van der Waals surface area contributed by atoms with Gasteiger partial charge in [-0.1, -0.05) is 262 Å². The van der Waals surface area contributed by atoms with Crippen LogP contribution in [0.15, 0.2) is 188 Å². The van der Waals surface area contributed by atoms with Crippen LogP contribution in [0.5, 0.6) is 23.0 Å². The van der Waals surface area contributed by atoms with Crippen molar-refractivity contribution in [1.29, 1.82) is 0 Å². The smallest absolute Gasteiger partial charge is 0.302 e. The third-order valence-corrected chi connectivity index (χ3v) is 19.8. The number of rotatable bonds is 51. The van der Waals surface area contributed by atoms with Crippen molar-refractivity contribution in [3.63, 3.8) is 0 Å². The van der Waals surface area contributed by atoms with Gasteiger partial charge in [0, 0.05) is 29.2 Å². The average molecular weight is 1370 g/mol. The van der Waals surface area contributed by atoms with E-state index in [1.807, 2.05) is 0 Å². The first-order valence-corrected chi connectivity index (χ1v) is 40.0. The molecule has 0 atom stereocenters. The number of ether oxygens (including phenoxy) is 5. The van der Waals surface area contributed by atoms with Crippen LogP contribution in [-0.4, -0.2) is 61.9 Å². The van der Waals surface area contributed by atoms with Crippen LogP contribution < -0.4 is 18.9 Å². The number of benzene rings is 4. The maximum Gasteiger partial charge on any atom is 0.302 e. The molecule has 0 N–H and O–H groups in total. The van der Waals surface area contributed by atoms with Crippen LogP contribution in [-0.2, 0) is 9.53 Å². The molecule has 0 amide bonds. The molecule has 540 valence electrons. The van der Waals surface area contributed by atoms with Crippen molar-refractivity contribution in [2.75, 3.05) is 33.0 Å². The second-order valence-corrected chi connectivity index (χ2v) is 28.2. The van der Waals surface area contributed by atoms with Crippen LogP contribution >= 0.6 is 0 Å². The number of unbranched alkanes of at least 4 members (excludes halogenated alkanes) is 33. The summed E-state index contributed by atoms with van der Waals surface area (Å²) in [5, 5.41) is 0. The van der Waals surface area contributed by atoms with Crippen LogP contribution in [0.2, 0.25) is 0 Å². The number of fused-ring (bicyclic) bond motifs is 4. The Balaban J connectivity index is 1.04. The molecule has 0 unspecified atom stereocenters. The first kappa shape index (κ1) is 77.3. The van der Waals surface area contributed by atoms with Crippen LogP contribution in [0.3, 0.4) is 0 Å². The minimum atomic E-state index is -0.232. The van der Waals surface area contributed by atoms with Crippen molar-refractivity contribution >= 4 is 51.1 Å². The summed E-state index contributed by atoms with van der Waals surface area (Å²) in [4.78, 5) is 33.8. The number of allylic oxidation sites excluding steroid dienone is 12. The van der Waals surface area contributed by atoms with Gasteiger partial charge in [0.2, 0.25) is 0 Å². The molecule has 5 heterocycles. The Labute approximate surface area is 608 Å². The third-order valence-electron chi connectivity index (χ3n) is 19.8. The number of esters is 1.